The monoisotopic (exact) mass is 489 g/mol. The fourth-order valence-electron chi connectivity index (χ4n) is 4.92. The Bertz CT molecular complexity index is 1200. The zero-order chi connectivity index (χ0) is 25.1. The molecule has 9 heteroatoms. The molecule has 36 heavy (non-hydrogen) atoms. The summed E-state index contributed by atoms with van der Waals surface area (Å²) in [7, 11) is 0. The summed E-state index contributed by atoms with van der Waals surface area (Å²) >= 11 is 0. The molecule has 2 amide bonds. The molecule has 0 spiro atoms. The number of amides is 2. The second kappa shape index (κ2) is 10.7. The lowest BCUT2D eigenvalue weighted by molar-refractivity contribution is -0.0644. The van der Waals surface area contributed by atoms with Gasteiger partial charge in [0.25, 0.3) is 0 Å². The quantitative estimate of drug-likeness (QED) is 0.468. The van der Waals surface area contributed by atoms with Crippen molar-refractivity contribution in [2.75, 3.05) is 18.4 Å². The van der Waals surface area contributed by atoms with Crippen molar-refractivity contribution < 1.29 is 9.53 Å². The van der Waals surface area contributed by atoms with Crippen molar-refractivity contribution in [1.29, 1.82) is 0 Å². The van der Waals surface area contributed by atoms with E-state index < -0.39 is 0 Å². The Balaban J connectivity index is 1.29. The minimum Gasteiger partial charge on any atom is -0.372 e. The van der Waals surface area contributed by atoms with Gasteiger partial charge in [-0.05, 0) is 63.3 Å². The van der Waals surface area contributed by atoms with Gasteiger partial charge in [0, 0.05) is 24.5 Å². The van der Waals surface area contributed by atoms with Crippen molar-refractivity contribution in [2.24, 2.45) is 0 Å². The number of benzene rings is 1. The summed E-state index contributed by atoms with van der Waals surface area (Å²) in [5, 5.41) is 10.8. The van der Waals surface area contributed by atoms with Gasteiger partial charge in [-0.3, -0.25) is 4.68 Å². The van der Waals surface area contributed by atoms with Crippen molar-refractivity contribution in [1.82, 2.24) is 30.0 Å². The first kappa shape index (κ1) is 24.2. The van der Waals surface area contributed by atoms with Gasteiger partial charge in [-0.1, -0.05) is 18.6 Å². The highest BCUT2D eigenvalue weighted by Crippen LogP contribution is 2.32. The smallest absolute Gasteiger partial charge is 0.318 e. The zero-order valence-electron chi connectivity index (χ0n) is 21.3. The Hall–Kier alpha value is -3.46. The summed E-state index contributed by atoms with van der Waals surface area (Å²) in [4.78, 5) is 23.8. The van der Waals surface area contributed by atoms with Crippen LogP contribution in [0, 0.1) is 0 Å². The van der Waals surface area contributed by atoms with Crippen LogP contribution in [0.2, 0.25) is 0 Å². The normalized spacial score (nSPS) is 17.9. The Morgan fingerprint density at radius 3 is 2.86 bits per heavy atom. The molecule has 2 N–H and O–H groups in total. The highest BCUT2D eigenvalue weighted by molar-refractivity contribution is 5.76. The minimum atomic E-state index is -0.00144. The fraction of sp³-hybridized carbons (Fsp3) is 0.481. The third-order valence-electron chi connectivity index (χ3n) is 6.77. The van der Waals surface area contributed by atoms with Gasteiger partial charge >= 0.3 is 6.03 Å². The van der Waals surface area contributed by atoms with Gasteiger partial charge in [-0.25, -0.2) is 14.8 Å². The van der Waals surface area contributed by atoms with Crippen LogP contribution in [0.15, 0.2) is 42.9 Å². The zero-order valence-corrected chi connectivity index (χ0v) is 21.3. The molecule has 0 radical (unpaired) electrons. The first-order chi connectivity index (χ1) is 17.5. The maximum atomic E-state index is 12.9. The molecule has 190 valence electrons. The van der Waals surface area contributed by atoms with E-state index in [0.717, 1.165) is 49.2 Å². The van der Waals surface area contributed by atoms with Crippen LogP contribution in [0.3, 0.4) is 0 Å². The number of rotatable bonds is 7. The van der Waals surface area contributed by atoms with E-state index in [4.69, 9.17) is 9.72 Å². The number of anilines is 2. The topological polar surface area (TPSA) is 97.2 Å². The van der Waals surface area contributed by atoms with Gasteiger partial charge in [-0.15, -0.1) is 0 Å². The van der Waals surface area contributed by atoms with Crippen LogP contribution < -0.4 is 10.6 Å². The summed E-state index contributed by atoms with van der Waals surface area (Å²) in [5.74, 6) is 0.539. The van der Waals surface area contributed by atoms with Crippen LogP contribution in [-0.2, 0) is 17.7 Å². The van der Waals surface area contributed by atoms with Crippen molar-refractivity contribution >= 4 is 17.7 Å². The average Bonchev–Trinajstić information content (AvgIpc) is 3.21. The largest absolute Gasteiger partial charge is 0.372 e. The molecule has 0 saturated carbocycles. The second-order valence-electron chi connectivity index (χ2n) is 9.85. The number of aromatic nitrogens is 4. The number of aryl methyl sites for hydroxylation is 2. The molecule has 2 aliphatic rings. The number of nitrogens with zero attached hydrogens (tertiary/aromatic N) is 5. The number of ether oxygens (including phenoxy) is 1. The number of nitrogens with one attached hydrogen (secondary N) is 2. The van der Waals surface area contributed by atoms with Crippen molar-refractivity contribution in [2.45, 2.75) is 71.2 Å². The van der Waals surface area contributed by atoms with Gasteiger partial charge in [0.05, 0.1) is 48.9 Å². The maximum absolute atomic E-state index is 12.9. The van der Waals surface area contributed by atoms with E-state index in [2.05, 4.69) is 38.9 Å². The summed E-state index contributed by atoms with van der Waals surface area (Å²) in [5.41, 5.74) is 5.25. The number of carbonyl (C=O) groups is 1. The van der Waals surface area contributed by atoms with E-state index in [1.54, 1.807) is 12.4 Å². The first-order valence-corrected chi connectivity index (χ1v) is 12.9. The number of hydrogen-bond donors (Lipinski definition) is 2. The van der Waals surface area contributed by atoms with Crippen LogP contribution in [0.5, 0.6) is 0 Å². The molecule has 5 rings (SSSR count). The molecule has 0 bridgehead atoms. The average molecular weight is 490 g/mol. The van der Waals surface area contributed by atoms with Crippen LogP contribution in [0.25, 0.3) is 11.3 Å². The highest BCUT2D eigenvalue weighted by atomic mass is 16.5. The van der Waals surface area contributed by atoms with Crippen LogP contribution >= 0.6 is 0 Å². The molecule has 1 atom stereocenters. The maximum Gasteiger partial charge on any atom is 0.318 e. The molecule has 3 heterocycles. The Morgan fingerprint density at radius 1 is 1.22 bits per heavy atom. The lowest BCUT2D eigenvalue weighted by atomic mass is 9.95. The summed E-state index contributed by atoms with van der Waals surface area (Å²) in [6.07, 6.45) is 9.95. The highest BCUT2D eigenvalue weighted by Gasteiger charge is 2.33. The molecule has 2 aromatic heterocycles. The third kappa shape index (κ3) is 5.51. The predicted molar refractivity (Wildman–Crippen MR) is 139 cm³/mol. The molecule has 1 saturated heterocycles. The van der Waals surface area contributed by atoms with E-state index >= 15 is 0 Å². The van der Waals surface area contributed by atoms with Crippen molar-refractivity contribution in [3.63, 3.8) is 0 Å². The number of fused-ring (bicyclic) bond motifs is 1. The van der Waals surface area contributed by atoms with E-state index in [9.17, 15) is 4.79 Å². The van der Waals surface area contributed by atoms with Crippen molar-refractivity contribution in [3.8, 4) is 11.3 Å². The first-order valence-electron chi connectivity index (χ1n) is 12.9. The van der Waals surface area contributed by atoms with Crippen molar-refractivity contribution in [3.05, 3.63) is 54.0 Å². The third-order valence-corrected chi connectivity index (χ3v) is 6.77. The standard InChI is InChI=1S/C27H35N7O2/c1-4-34-15-21(14-29-34)30-26-28-12-11-24(31-26)20-9-10-23-19(13-20)7-5-6-8-25(23)32-27(35)33-16-22(17-33)36-18(2)3/h9-15,18,22,25H,4-8,16-17H2,1-3H3,(H,32,35)(H,28,30,31). The van der Waals surface area contributed by atoms with E-state index in [1.807, 2.05) is 42.6 Å². The molecule has 1 aromatic carbocycles. The van der Waals surface area contributed by atoms with Gasteiger partial charge < -0.3 is 20.3 Å². The van der Waals surface area contributed by atoms with Gasteiger partial charge in [0.2, 0.25) is 5.95 Å². The molecular formula is C27H35N7O2. The van der Waals surface area contributed by atoms with Crippen LogP contribution in [-0.4, -0.2) is 56.0 Å². The predicted octanol–water partition coefficient (Wildman–Crippen LogP) is 4.69. The minimum absolute atomic E-state index is 0.00144. The SMILES string of the molecule is CCn1cc(Nc2nccc(-c3ccc4c(c3)CCCCC4NC(=O)N3CC(OC(C)C)C3)n2)cn1. The summed E-state index contributed by atoms with van der Waals surface area (Å²) in [6.45, 7) is 8.23. The lowest BCUT2D eigenvalue weighted by Gasteiger charge is -2.40. The number of hydrogen-bond acceptors (Lipinski definition) is 6. The molecule has 9 nitrogen and oxygen atoms in total. The fourth-order valence-corrected chi connectivity index (χ4v) is 4.92. The Kier molecular flexibility index (Phi) is 7.18. The summed E-state index contributed by atoms with van der Waals surface area (Å²) < 4.78 is 7.65. The Labute approximate surface area is 212 Å². The molecule has 1 aliphatic carbocycles. The number of likely N-dealkylation sites (tertiary alicyclic amines) is 1. The van der Waals surface area contributed by atoms with E-state index in [0.29, 0.717) is 19.0 Å². The van der Waals surface area contributed by atoms with Gasteiger partial charge in [0.15, 0.2) is 0 Å². The second-order valence-corrected chi connectivity index (χ2v) is 9.85. The summed E-state index contributed by atoms with van der Waals surface area (Å²) in [6, 6.07) is 8.42. The molecule has 1 fully saturated rings. The van der Waals surface area contributed by atoms with Gasteiger partial charge in [0.1, 0.15) is 0 Å². The number of urea groups is 1. The van der Waals surface area contributed by atoms with E-state index in [1.165, 1.54) is 11.1 Å². The molecular weight excluding hydrogens is 454 g/mol. The van der Waals surface area contributed by atoms with Crippen LogP contribution in [0.4, 0.5) is 16.4 Å². The van der Waals surface area contributed by atoms with Crippen LogP contribution in [0.1, 0.15) is 57.2 Å². The number of carbonyl (C=O) groups excluding carboxylic acids is 1. The van der Waals surface area contributed by atoms with E-state index in [-0.39, 0.29) is 24.3 Å². The van der Waals surface area contributed by atoms with Gasteiger partial charge in [-0.2, -0.15) is 5.10 Å². The molecule has 1 unspecified atom stereocenters. The molecule has 3 aromatic rings. The molecule has 1 aliphatic heterocycles. The Morgan fingerprint density at radius 2 is 2.08 bits per heavy atom. The lowest BCUT2D eigenvalue weighted by Crippen LogP contribution is -2.58.